The standard InChI is InChI=1S/C22H37F2N3.C9H6ClNO2/c1-3-4-5-6-7-8-9-10-15-25-18-21(11-13-22(23,24)14-12-21)20-16-26-19(2)27-17-20;10-8-5-3-4-11-7(5)2-1-6(8)9(12)13/h16-17,25H,3-15,18H2,1-2H3;1-4,11H,(H,12,13). The van der Waals surface area contributed by atoms with Gasteiger partial charge in [-0.25, -0.2) is 23.5 Å². The van der Waals surface area contributed by atoms with Crippen molar-refractivity contribution in [2.45, 2.75) is 102 Å². The Balaban J connectivity index is 0.000000281. The number of alkyl halides is 2. The second-order valence-electron chi connectivity index (χ2n) is 11.0. The van der Waals surface area contributed by atoms with Crippen LogP contribution in [-0.2, 0) is 5.41 Å². The van der Waals surface area contributed by atoms with E-state index in [0.717, 1.165) is 41.8 Å². The second kappa shape index (κ2) is 15.4. The maximum absolute atomic E-state index is 13.7. The predicted molar refractivity (Wildman–Crippen MR) is 158 cm³/mol. The van der Waals surface area contributed by atoms with E-state index in [9.17, 15) is 13.6 Å². The molecule has 6 nitrogen and oxygen atoms in total. The van der Waals surface area contributed by atoms with Crippen LogP contribution in [0.5, 0.6) is 0 Å². The van der Waals surface area contributed by atoms with Gasteiger partial charge in [-0.1, -0.05) is 63.5 Å². The molecule has 9 heteroatoms. The highest BCUT2D eigenvalue weighted by atomic mass is 35.5. The van der Waals surface area contributed by atoms with E-state index in [2.05, 4.69) is 27.2 Å². The van der Waals surface area contributed by atoms with Crippen LogP contribution in [0.1, 0.15) is 106 Å². The number of carbonyl (C=O) groups is 1. The van der Waals surface area contributed by atoms with Crippen molar-refractivity contribution in [2.24, 2.45) is 0 Å². The van der Waals surface area contributed by atoms with Gasteiger partial charge in [0.1, 0.15) is 5.82 Å². The molecular weight excluding hydrogens is 534 g/mol. The molecule has 0 aliphatic heterocycles. The van der Waals surface area contributed by atoms with Crippen LogP contribution >= 0.6 is 11.6 Å². The van der Waals surface area contributed by atoms with E-state index in [1.54, 1.807) is 18.3 Å². The van der Waals surface area contributed by atoms with Crippen molar-refractivity contribution >= 4 is 28.5 Å². The Bertz CT molecular complexity index is 1190. The van der Waals surface area contributed by atoms with Gasteiger partial charge in [-0.05, 0) is 56.5 Å². The molecule has 1 saturated carbocycles. The summed E-state index contributed by atoms with van der Waals surface area (Å²) in [7, 11) is 0. The van der Waals surface area contributed by atoms with Crippen LogP contribution in [0.3, 0.4) is 0 Å². The van der Waals surface area contributed by atoms with Crippen molar-refractivity contribution in [1.82, 2.24) is 20.3 Å². The van der Waals surface area contributed by atoms with E-state index in [1.807, 2.05) is 19.3 Å². The molecule has 1 aromatic carbocycles. The van der Waals surface area contributed by atoms with Gasteiger partial charge in [-0.3, -0.25) is 0 Å². The Labute approximate surface area is 241 Å². The van der Waals surface area contributed by atoms with Crippen LogP contribution in [-0.4, -0.2) is 45.0 Å². The number of aromatic amines is 1. The normalized spacial score (nSPS) is 15.9. The smallest absolute Gasteiger partial charge is 0.337 e. The van der Waals surface area contributed by atoms with Gasteiger partial charge in [0.2, 0.25) is 5.92 Å². The number of hydrogen-bond donors (Lipinski definition) is 3. The fraction of sp³-hybridized carbons (Fsp3) is 0.581. The van der Waals surface area contributed by atoms with Crippen molar-refractivity contribution in [3.05, 3.63) is 58.8 Å². The fourth-order valence-electron chi connectivity index (χ4n) is 5.30. The number of aromatic nitrogens is 3. The monoisotopic (exact) mass is 576 g/mol. The van der Waals surface area contributed by atoms with Gasteiger partial charge in [-0.2, -0.15) is 0 Å². The average Bonchev–Trinajstić information content (AvgIpc) is 3.42. The summed E-state index contributed by atoms with van der Waals surface area (Å²) >= 11 is 5.88. The molecule has 220 valence electrons. The van der Waals surface area contributed by atoms with E-state index in [1.165, 1.54) is 51.0 Å². The van der Waals surface area contributed by atoms with Crippen molar-refractivity contribution in [3.8, 4) is 0 Å². The Morgan fingerprint density at radius 1 is 1.00 bits per heavy atom. The molecule has 2 heterocycles. The molecule has 1 aliphatic carbocycles. The quantitative estimate of drug-likeness (QED) is 0.177. The molecule has 0 bridgehead atoms. The summed E-state index contributed by atoms with van der Waals surface area (Å²) in [6, 6.07) is 4.94. The number of aryl methyl sites for hydroxylation is 1. The van der Waals surface area contributed by atoms with E-state index >= 15 is 0 Å². The highest BCUT2D eigenvalue weighted by molar-refractivity contribution is 6.38. The number of fused-ring (bicyclic) bond motifs is 1. The first kappa shape index (κ1) is 31.9. The van der Waals surface area contributed by atoms with Gasteiger partial charge in [0.05, 0.1) is 10.6 Å². The molecule has 2 aromatic heterocycles. The van der Waals surface area contributed by atoms with Crippen LogP contribution in [0, 0.1) is 6.92 Å². The number of carboxylic acid groups (broad SMARTS) is 1. The zero-order valence-corrected chi connectivity index (χ0v) is 24.5. The number of carboxylic acids is 1. The maximum Gasteiger partial charge on any atom is 0.337 e. The summed E-state index contributed by atoms with van der Waals surface area (Å²) in [6.07, 6.45) is 16.7. The largest absolute Gasteiger partial charge is 0.478 e. The Kier molecular flexibility index (Phi) is 12.3. The molecule has 1 aliphatic rings. The number of nitrogens with zero attached hydrogens (tertiary/aromatic N) is 2. The van der Waals surface area contributed by atoms with E-state index in [0.29, 0.717) is 12.8 Å². The molecule has 0 radical (unpaired) electrons. The third-order valence-corrected chi connectivity index (χ3v) is 8.31. The van der Waals surface area contributed by atoms with E-state index in [4.69, 9.17) is 16.7 Å². The Morgan fingerprint density at radius 3 is 2.25 bits per heavy atom. The van der Waals surface area contributed by atoms with Gasteiger partial charge < -0.3 is 15.4 Å². The summed E-state index contributed by atoms with van der Waals surface area (Å²) in [5.74, 6) is -2.80. The summed E-state index contributed by atoms with van der Waals surface area (Å²) < 4.78 is 27.4. The second-order valence-corrected chi connectivity index (χ2v) is 11.4. The Morgan fingerprint density at radius 2 is 1.62 bits per heavy atom. The number of H-pyrrole nitrogens is 1. The molecule has 0 saturated heterocycles. The topological polar surface area (TPSA) is 90.9 Å². The minimum absolute atomic E-state index is 0.0414. The zero-order chi connectivity index (χ0) is 29.0. The predicted octanol–water partition coefficient (Wildman–Crippen LogP) is 8.48. The minimum Gasteiger partial charge on any atom is -0.478 e. The molecule has 4 rings (SSSR count). The number of unbranched alkanes of at least 4 members (excludes halogenated alkanes) is 7. The zero-order valence-electron chi connectivity index (χ0n) is 23.7. The molecule has 40 heavy (non-hydrogen) atoms. The van der Waals surface area contributed by atoms with Gasteiger partial charge >= 0.3 is 5.97 Å². The van der Waals surface area contributed by atoms with Crippen molar-refractivity contribution < 1.29 is 18.7 Å². The number of benzene rings is 1. The summed E-state index contributed by atoms with van der Waals surface area (Å²) in [5.41, 5.74) is 1.73. The lowest BCUT2D eigenvalue weighted by atomic mass is 9.69. The Hall–Kier alpha value is -2.58. The van der Waals surface area contributed by atoms with E-state index < -0.39 is 11.9 Å². The van der Waals surface area contributed by atoms with Gasteiger partial charge in [-0.15, -0.1) is 0 Å². The molecule has 3 N–H and O–H groups in total. The number of nitrogens with one attached hydrogen (secondary N) is 2. The first-order valence-corrected chi connectivity index (χ1v) is 14.9. The van der Waals surface area contributed by atoms with Crippen LogP contribution in [0.25, 0.3) is 10.9 Å². The molecule has 0 unspecified atom stereocenters. The lowest BCUT2D eigenvalue weighted by Gasteiger charge is -2.40. The lowest BCUT2D eigenvalue weighted by molar-refractivity contribution is -0.0519. The summed E-state index contributed by atoms with van der Waals surface area (Å²) in [5, 5.41) is 13.3. The molecule has 0 spiro atoms. The van der Waals surface area contributed by atoms with Gasteiger partial charge in [0.15, 0.2) is 0 Å². The first-order chi connectivity index (χ1) is 19.2. The van der Waals surface area contributed by atoms with Crippen molar-refractivity contribution in [2.75, 3.05) is 13.1 Å². The maximum atomic E-state index is 13.7. The van der Waals surface area contributed by atoms with Crippen LogP contribution in [0.2, 0.25) is 5.02 Å². The first-order valence-electron chi connectivity index (χ1n) is 14.5. The summed E-state index contributed by atoms with van der Waals surface area (Å²) in [4.78, 5) is 22.3. The fourth-order valence-corrected chi connectivity index (χ4v) is 5.61. The average molecular weight is 577 g/mol. The number of rotatable bonds is 13. The number of aromatic carboxylic acids is 1. The van der Waals surface area contributed by atoms with Crippen molar-refractivity contribution in [1.29, 1.82) is 0 Å². The molecule has 0 amide bonds. The number of hydrogen-bond acceptors (Lipinski definition) is 4. The van der Waals surface area contributed by atoms with Gasteiger partial charge in [0, 0.05) is 54.3 Å². The van der Waals surface area contributed by atoms with Crippen molar-refractivity contribution in [3.63, 3.8) is 0 Å². The minimum atomic E-state index is -2.52. The molecular formula is C31H43ClF2N4O2. The van der Waals surface area contributed by atoms with Gasteiger partial charge in [0.25, 0.3) is 0 Å². The van der Waals surface area contributed by atoms with Crippen LogP contribution in [0.4, 0.5) is 8.78 Å². The SMILES string of the molecule is CCCCCCCCCCNCC1(c2cnc(C)nc2)CCC(F)(F)CC1.O=C(O)c1ccc2[nH]ccc2c1Cl. The molecule has 3 aromatic rings. The molecule has 1 fully saturated rings. The van der Waals surface area contributed by atoms with Crippen LogP contribution in [0.15, 0.2) is 36.8 Å². The van der Waals surface area contributed by atoms with E-state index in [-0.39, 0.29) is 28.8 Å². The lowest BCUT2D eigenvalue weighted by Crippen LogP contribution is -2.44. The highest BCUT2D eigenvalue weighted by Gasteiger charge is 2.44. The number of halogens is 3. The third-order valence-electron chi connectivity index (χ3n) is 7.90. The van der Waals surface area contributed by atoms with Crippen LogP contribution < -0.4 is 5.32 Å². The highest BCUT2D eigenvalue weighted by Crippen LogP contribution is 2.44. The summed E-state index contributed by atoms with van der Waals surface area (Å²) in [6.45, 7) is 5.80. The molecule has 0 atom stereocenters. The third kappa shape index (κ3) is 9.23.